The largest absolute Gasteiger partial charge is 0.352 e. The summed E-state index contributed by atoms with van der Waals surface area (Å²) >= 11 is 5.07. The second-order valence-electron chi connectivity index (χ2n) is 4.48. The van der Waals surface area contributed by atoms with Gasteiger partial charge >= 0.3 is 0 Å². The minimum Gasteiger partial charge on any atom is -0.352 e. The second kappa shape index (κ2) is 7.15. The van der Waals surface area contributed by atoms with E-state index in [-0.39, 0.29) is 5.82 Å². The van der Waals surface area contributed by atoms with Crippen LogP contribution in [0, 0.1) is 5.82 Å². The highest BCUT2D eigenvalue weighted by atomic mass is 79.9. The van der Waals surface area contributed by atoms with Crippen molar-refractivity contribution in [3.63, 3.8) is 0 Å². The van der Waals surface area contributed by atoms with Crippen molar-refractivity contribution in [2.75, 3.05) is 18.5 Å². The first-order valence-electron chi connectivity index (χ1n) is 6.40. The standard InChI is InChI=1S/C14H17BrFN3S/c1-3-17-7-10-4-5-18-14(13(10)16)19(2)8-12-6-11(15)9-20-12/h4-6,9,17H,3,7-8H2,1-2H3. The maximum Gasteiger partial charge on any atom is 0.170 e. The summed E-state index contributed by atoms with van der Waals surface area (Å²) in [7, 11) is 1.86. The zero-order valence-corrected chi connectivity index (χ0v) is 13.9. The predicted octanol–water partition coefficient (Wildman–Crippen LogP) is 3.79. The number of pyridine rings is 1. The summed E-state index contributed by atoms with van der Waals surface area (Å²) in [4.78, 5) is 7.17. The van der Waals surface area contributed by atoms with Gasteiger partial charge in [-0.05, 0) is 34.6 Å². The number of nitrogens with zero attached hydrogens (tertiary/aromatic N) is 2. The lowest BCUT2D eigenvalue weighted by Gasteiger charge is -2.19. The van der Waals surface area contributed by atoms with E-state index in [2.05, 4.69) is 26.2 Å². The lowest BCUT2D eigenvalue weighted by Crippen LogP contribution is -2.20. The molecule has 0 amide bonds. The van der Waals surface area contributed by atoms with Crippen LogP contribution in [0.3, 0.4) is 0 Å². The Morgan fingerprint density at radius 2 is 2.30 bits per heavy atom. The molecular formula is C14H17BrFN3S. The normalized spacial score (nSPS) is 10.8. The Morgan fingerprint density at radius 1 is 1.50 bits per heavy atom. The zero-order valence-electron chi connectivity index (χ0n) is 11.5. The first-order chi connectivity index (χ1) is 9.61. The molecule has 0 spiro atoms. The van der Waals surface area contributed by atoms with E-state index in [4.69, 9.17) is 0 Å². The topological polar surface area (TPSA) is 28.2 Å². The molecule has 2 aromatic rings. The van der Waals surface area contributed by atoms with Gasteiger partial charge in [-0.3, -0.25) is 0 Å². The SMILES string of the molecule is CCNCc1ccnc(N(C)Cc2cc(Br)cs2)c1F. The summed E-state index contributed by atoms with van der Waals surface area (Å²) < 4.78 is 15.5. The lowest BCUT2D eigenvalue weighted by molar-refractivity contribution is 0.583. The van der Waals surface area contributed by atoms with E-state index in [1.807, 2.05) is 30.3 Å². The molecule has 0 bridgehead atoms. The van der Waals surface area contributed by atoms with E-state index in [1.54, 1.807) is 23.6 Å². The lowest BCUT2D eigenvalue weighted by atomic mass is 10.2. The van der Waals surface area contributed by atoms with Gasteiger partial charge in [0.25, 0.3) is 0 Å². The molecule has 0 fully saturated rings. The van der Waals surface area contributed by atoms with E-state index in [0.717, 1.165) is 15.9 Å². The third-order valence-electron chi connectivity index (χ3n) is 2.89. The van der Waals surface area contributed by atoms with Crippen molar-refractivity contribution in [2.24, 2.45) is 0 Å². The summed E-state index contributed by atoms with van der Waals surface area (Å²) in [5.74, 6) is 0.150. The fraction of sp³-hybridized carbons (Fsp3) is 0.357. The number of aromatic nitrogens is 1. The third-order valence-corrected chi connectivity index (χ3v) is 4.57. The van der Waals surface area contributed by atoms with Crippen LogP contribution in [0.4, 0.5) is 10.2 Å². The molecule has 0 saturated carbocycles. The first kappa shape index (κ1) is 15.4. The fourth-order valence-electron chi connectivity index (χ4n) is 1.88. The van der Waals surface area contributed by atoms with Crippen molar-refractivity contribution in [3.8, 4) is 0 Å². The van der Waals surface area contributed by atoms with Gasteiger partial charge in [-0.2, -0.15) is 0 Å². The Kier molecular flexibility index (Phi) is 5.51. The van der Waals surface area contributed by atoms with Crippen LogP contribution in [0.15, 0.2) is 28.2 Å². The number of rotatable bonds is 6. The van der Waals surface area contributed by atoms with Gasteiger partial charge in [0.05, 0.1) is 6.54 Å². The maximum absolute atomic E-state index is 14.4. The van der Waals surface area contributed by atoms with Crippen molar-refractivity contribution < 1.29 is 4.39 Å². The van der Waals surface area contributed by atoms with Gasteiger partial charge in [0.2, 0.25) is 0 Å². The molecule has 0 aliphatic rings. The van der Waals surface area contributed by atoms with Crippen LogP contribution in [0.25, 0.3) is 0 Å². The van der Waals surface area contributed by atoms with Gasteiger partial charge in [-0.25, -0.2) is 9.37 Å². The molecule has 3 nitrogen and oxygen atoms in total. The molecule has 0 aliphatic heterocycles. The predicted molar refractivity (Wildman–Crippen MR) is 85.7 cm³/mol. The Bertz CT molecular complexity index is 573. The number of thiophene rings is 1. The van der Waals surface area contributed by atoms with Gasteiger partial charge in [-0.15, -0.1) is 11.3 Å². The molecule has 0 unspecified atom stereocenters. The highest BCUT2D eigenvalue weighted by Gasteiger charge is 2.14. The van der Waals surface area contributed by atoms with E-state index in [9.17, 15) is 4.39 Å². The molecule has 108 valence electrons. The minimum absolute atomic E-state index is 0.244. The molecule has 2 rings (SSSR count). The Hall–Kier alpha value is -0.980. The Morgan fingerprint density at radius 3 is 2.95 bits per heavy atom. The highest BCUT2D eigenvalue weighted by Crippen LogP contribution is 2.24. The molecule has 20 heavy (non-hydrogen) atoms. The Labute approximate surface area is 131 Å². The average molecular weight is 358 g/mol. The van der Waals surface area contributed by atoms with Crippen molar-refractivity contribution in [1.82, 2.24) is 10.3 Å². The smallest absolute Gasteiger partial charge is 0.170 e. The van der Waals surface area contributed by atoms with Crippen molar-refractivity contribution in [1.29, 1.82) is 0 Å². The molecule has 2 aromatic heterocycles. The average Bonchev–Trinajstić information content (AvgIpc) is 2.83. The van der Waals surface area contributed by atoms with Crippen LogP contribution in [-0.4, -0.2) is 18.6 Å². The molecule has 0 atom stereocenters. The highest BCUT2D eigenvalue weighted by molar-refractivity contribution is 9.10. The maximum atomic E-state index is 14.4. The van der Waals surface area contributed by atoms with E-state index in [0.29, 0.717) is 24.5 Å². The number of nitrogens with one attached hydrogen (secondary N) is 1. The van der Waals surface area contributed by atoms with Crippen LogP contribution in [0.5, 0.6) is 0 Å². The number of halogens is 2. The second-order valence-corrected chi connectivity index (χ2v) is 6.39. The molecule has 0 radical (unpaired) electrons. The zero-order chi connectivity index (χ0) is 14.5. The number of anilines is 1. The van der Waals surface area contributed by atoms with Gasteiger partial charge in [0, 0.05) is 40.1 Å². The van der Waals surface area contributed by atoms with Crippen LogP contribution >= 0.6 is 27.3 Å². The summed E-state index contributed by atoms with van der Waals surface area (Å²) in [6.45, 7) is 3.98. The molecule has 6 heteroatoms. The summed E-state index contributed by atoms with van der Waals surface area (Å²) in [6, 6.07) is 3.76. The van der Waals surface area contributed by atoms with E-state index < -0.39 is 0 Å². The Balaban J connectivity index is 2.14. The summed E-state index contributed by atoms with van der Waals surface area (Å²) in [6.07, 6.45) is 1.66. The minimum atomic E-state index is -0.244. The van der Waals surface area contributed by atoms with Crippen LogP contribution < -0.4 is 10.2 Å². The quantitative estimate of drug-likeness (QED) is 0.852. The van der Waals surface area contributed by atoms with Crippen molar-refractivity contribution in [2.45, 2.75) is 20.0 Å². The van der Waals surface area contributed by atoms with Gasteiger partial charge in [-0.1, -0.05) is 6.92 Å². The van der Waals surface area contributed by atoms with Crippen molar-refractivity contribution >= 4 is 33.1 Å². The summed E-state index contributed by atoms with van der Waals surface area (Å²) in [5.41, 5.74) is 0.649. The third kappa shape index (κ3) is 3.77. The molecule has 1 N–H and O–H groups in total. The first-order valence-corrected chi connectivity index (χ1v) is 8.07. The molecule has 0 aliphatic carbocycles. The molecule has 0 aromatic carbocycles. The van der Waals surface area contributed by atoms with Gasteiger partial charge in [0.1, 0.15) is 0 Å². The van der Waals surface area contributed by atoms with Crippen LogP contribution in [-0.2, 0) is 13.1 Å². The number of hydrogen-bond acceptors (Lipinski definition) is 4. The van der Waals surface area contributed by atoms with Crippen LogP contribution in [0.1, 0.15) is 17.4 Å². The monoisotopic (exact) mass is 357 g/mol. The summed E-state index contributed by atoms with van der Waals surface area (Å²) in [5, 5.41) is 5.16. The molecule has 0 saturated heterocycles. The molecular weight excluding hydrogens is 341 g/mol. The molecule has 2 heterocycles. The van der Waals surface area contributed by atoms with E-state index in [1.165, 1.54) is 0 Å². The van der Waals surface area contributed by atoms with Gasteiger partial charge < -0.3 is 10.2 Å². The van der Waals surface area contributed by atoms with E-state index >= 15 is 0 Å². The van der Waals surface area contributed by atoms with Crippen molar-refractivity contribution in [3.05, 3.63) is 44.4 Å². The fourth-order valence-corrected chi connectivity index (χ4v) is 3.38. The van der Waals surface area contributed by atoms with Crippen LogP contribution in [0.2, 0.25) is 0 Å². The van der Waals surface area contributed by atoms with Gasteiger partial charge in [0.15, 0.2) is 11.6 Å². The number of hydrogen-bond donors (Lipinski definition) is 1.